The number of fused-ring (bicyclic) bond motifs is 1. The summed E-state index contributed by atoms with van der Waals surface area (Å²) in [4.78, 5) is 24.8. The van der Waals surface area contributed by atoms with E-state index in [1.165, 1.54) is 4.31 Å². The zero-order valence-corrected chi connectivity index (χ0v) is 18.7. The first-order valence-corrected chi connectivity index (χ1v) is 11.6. The van der Waals surface area contributed by atoms with Crippen LogP contribution in [0.1, 0.15) is 10.4 Å². The maximum absolute atomic E-state index is 13.0. The van der Waals surface area contributed by atoms with Gasteiger partial charge in [0.15, 0.2) is 6.73 Å². The molecule has 0 atom stereocenters. The molecular weight excluding hydrogens is 483 g/mol. The summed E-state index contributed by atoms with van der Waals surface area (Å²) in [6.45, 7) is 0.275. The Balaban J connectivity index is 1.60. The number of esters is 1. The van der Waals surface area contributed by atoms with Crippen LogP contribution in [0.5, 0.6) is 0 Å². The van der Waals surface area contributed by atoms with Gasteiger partial charge in [-0.3, -0.25) is 4.79 Å². The molecule has 0 unspecified atom stereocenters. The number of aromatic nitrogens is 3. The summed E-state index contributed by atoms with van der Waals surface area (Å²) in [5.74, 6) is -0.952. The summed E-state index contributed by atoms with van der Waals surface area (Å²) in [6.07, 6.45) is 0. The molecule has 3 aromatic rings. The van der Waals surface area contributed by atoms with Crippen LogP contribution in [0.4, 0.5) is 0 Å². The quantitative estimate of drug-likeness (QED) is 0.489. The molecule has 32 heavy (non-hydrogen) atoms. The Morgan fingerprint density at radius 3 is 2.59 bits per heavy atom. The molecule has 2 heterocycles. The molecule has 0 amide bonds. The number of nitrogens with zero attached hydrogens (tertiary/aromatic N) is 4. The summed E-state index contributed by atoms with van der Waals surface area (Å²) in [7, 11) is -3.99. The van der Waals surface area contributed by atoms with Crippen LogP contribution in [0.15, 0.2) is 46.1 Å². The van der Waals surface area contributed by atoms with Crippen LogP contribution in [0.3, 0.4) is 0 Å². The van der Waals surface area contributed by atoms with Gasteiger partial charge in [-0.25, -0.2) is 13.2 Å². The first-order chi connectivity index (χ1) is 15.3. The van der Waals surface area contributed by atoms with Crippen molar-refractivity contribution in [2.75, 3.05) is 26.3 Å². The van der Waals surface area contributed by atoms with Gasteiger partial charge in [0.05, 0.1) is 34.2 Å². The largest absolute Gasteiger partial charge is 0.438 e. The Hall–Kier alpha value is -2.57. The van der Waals surface area contributed by atoms with Crippen molar-refractivity contribution in [2.24, 2.45) is 0 Å². The van der Waals surface area contributed by atoms with Crippen LogP contribution in [0.2, 0.25) is 10.0 Å². The van der Waals surface area contributed by atoms with Crippen molar-refractivity contribution >= 4 is 50.1 Å². The standard InChI is InChI=1S/C19H16Cl2N4O6S/c20-14-10-15(21)17(32(28,29)24-5-7-30-8-6-24)9-13(14)19(27)31-11-25-18(26)12-3-1-2-4-16(12)22-23-25/h1-4,9-10H,5-8,11H2. The predicted molar refractivity (Wildman–Crippen MR) is 115 cm³/mol. The van der Waals surface area contributed by atoms with Gasteiger partial charge >= 0.3 is 5.97 Å². The lowest BCUT2D eigenvalue weighted by atomic mass is 10.2. The van der Waals surface area contributed by atoms with Crippen LogP contribution in [0, 0.1) is 0 Å². The Labute approximate surface area is 192 Å². The Morgan fingerprint density at radius 1 is 1.12 bits per heavy atom. The molecule has 0 spiro atoms. The average Bonchev–Trinajstić information content (AvgIpc) is 2.79. The SMILES string of the molecule is O=C(OCn1nnc2ccccc2c1=O)c1cc(S(=O)(=O)N2CCOCC2)c(Cl)cc1Cl. The lowest BCUT2D eigenvalue weighted by molar-refractivity contribution is 0.0336. The van der Waals surface area contributed by atoms with Gasteiger partial charge < -0.3 is 9.47 Å². The van der Waals surface area contributed by atoms with Gasteiger partial charge in [0.2, 0.25) is 10.0 Å². The molecule has 4 rings (SSSR count). The van der Waals surface area contributed by atoms with Crippen molar-refractivity contribution in [1.29, 1.82) is 0 Å². The summed E-state index contributed by atoms with van der Waals surface area (Å²) in [6, 6.07) is 8.81. The second-order valence-electron chi connectivity index (χ2n) is 6.75. The van der Waals surface area contributed by atoms with Crippen LogP contribution in [-0.2, 0) is 26.2 Å². The molecule has 1 saturated heterocycles. The predicted octanol–water partition coefficient (Wildman–Crippen LogP) is 1.93. The fraction of sp³-hybridized carbons (Fsp3) is 0.263. The first kappa shape index (κ1) is 22.6. The van der Waals surface area contributed by atoms with Gasteiger partial charge in [-0.15, -0.1) is 5.10 Å². The minimum Gasteiger partial charge on any atom is -0.438 e. The van der Waals surface area contributed by atoms with E-state index in [4.69, 9.17) is 32.7 Å². The lowest BCUT2D eigenvalue weighted by Gasteiger charge is -2.26. The fourth-order valence-corrected chi connectivity index (χ4v) is 5.35. The van der Waals surface area contributed by atoms with Gasteiger partial charge in [-0.2, -0.15) is 8.99 Å². The van der Waals surface area contributed by atoms with Crippen molar-refractivity contribution in [1.82, 2.24) is 19.3 Å². The number of hydrogen-bond donors (Lipinski definition) is 0. The van der Waals surface area contributed by atoms with Crippen molar-refractivity contribution < 1.29 is 22.7 Å². The average molecular weight is 499 g/mol. The highest BCUT2D eigenvalue weighted by Gasteiger charge is 2.30. The molecule has 2 aromatic carbocycles. The Morgan fingerprint density at radius 2 is 1.84 bits per heavy atom. The Bertz CT molecular complexity index is 1360. The maximum atomic E-state index is 13.0. The number of hydrogen-bond acceptors (Lipinski definition) is 8. The van der Waals surface area contributed by atoms with E-state index in [2.05, 4.69) is 10.3 Å². The fourth-order valence-electron chi connectivity index (χ4n) is 3.11. The van der Waals surface area contributed by atoms with E-state index in [0.717, 1.165) is 16.8 Å². The monoisotopic (exact) mass is 498 g/mol. The van der Waals surface area contributed by atoms with Gasteiger partial charge in [0, 0.05) is 13.1 Å². The van der Waals surface area contributed by atoms with E-state index >= 15 is 0 Å². The number of benzene rings is 2. The summed E-state index contributed by atoms with van der Waals surface area (Å²) < 4.78 is 38.3. The number of carbonyl (C=O) groups is 1. The van der Waals surface area contributed by atoms with Crippen molar-refractivity contribution in [3.8, 4) is 0 Å². The molecule has 0 aliphatic carbocycles. The highest BCUT2D eigenvalue weighted by molar-refractivity contribution is 7.89. The highest BCUT2D eigenvalue weighted by atomic mass is 35.5. The normalized spacial score (nSPS) is 15.1. The third kappa shape index (κ3) is 4.34. The van der Waals surface area contributed by atoms with E-state index in [-0.39, 0.29) is 46.8 Å². The van der Waals surface area contributed by atoms with Crippen molar-refractivity contribution in [2.45, 2.75) is 11.6 Å². The minimum absolute atomic E-state index is 0.0992. The van der Waals surface area contributed by atoms with E-state index < -0.39 is 28.3 Å². The number of halogens is 2. The van der Waals surface area contributed by atoms with Gasteiger partial charge in [-0.05, 0) is 24.3 Å². The van der Waals surface area contributed by atoms with E-state index in [1.54, 1.807) is 24.3 Å². The zero-order chi connectivity index (χ0) is 22.9. The number of rotatable bonds is 5. The molecular formula is C19H16Cl2N4O6S. The molecule has 1 aliphatic heterocycles. The smallest absolute Gasteiger partial charge is 0.341 e. The number of sulfonamides is 1. The van der Waals surface area contributed by atoms with Crippen LogP contribution in [0.25, 0.3) is 10.9 Å². The second kappa shape index (κ2) is 9.12. The first-order valence-electron chi connectivity index (χ1n) is 9.35. The van der Waals surface area contributed by atoms with Gasteiger partial charge in [0.25, 0.3) is 5.56 Å². The third-order valence-corrected chi connectivity index (χ3v) is 7.45. The molecule has 168 valence electrons. The van der Waals surface area contributed by atoms with Crippen LogP contribution in [-0.4, -0.2) is 60.0 Å². The summed E-state index contributed by atoms with van der Waals surface area (Å²) in [5, 5.41) is 7.72. The molecule has 13 heteroatoms. The molecule has 0 radical (unpaired) electrons. The number of morpholine rings is 1. The van der Waals surface area contributed by atoms with Crippen LogP contribution >= 0.6 is 23.2 Å². The zero-order valence-electron chi connectivity index (χ0n) is 16.4. The van der Waals surface area contributed by atoms with Gasteiger partial charge in [0.1, 0.15) is 10.4 Å². The maximum Gasteiger partial charge on any atom is 0.341 e. The van der Waals surface area contributed by atoms with Gasteiger partial charge in [-0.1, -0.05) is 40.5 Å². The minimum atomic E-state index is -3.99. The molecule has 1 fully saturated rings. The van der Waals surface area contributed by atoms with Crippen molar-refractivity contribution in [3.63, 3.8) is 0 Å². The molecule has 1 aromatic heterocycles. The molecule has 0 N–H and O–H groups in total. The van der Waals surface area contributed by atoms with E-state index in [0.29, 0.717) is 10.9 Å². The number of carbonyl (C=O) groups excluding carboxylic acids is 1. The molecule has 0 bridgehead atoms. The summed E-state index contributed by atoms with van der Waals surface area (Å²) >= 11 is 12.2. The van der Waals surface area contributed by atoms with E-state index in [1.807, 2.05) is 0 Å². The van der Waals surface area contributed by atoms with Crippen molar-refractivity contribution in [3.05, 3.63) is 62.4 Å². The lowest BCUT2D eigenvalue weighted by Crippen LogP contribution is -2.40. The molecule has 1 aliphatic rings. The number of ether oxygens (including phenoxy) is 2. The summed E-state index contributed by atoms with van der Waals surface area (Å²) in [5.41, 5.74) is -0.315. The molecule has 10 nitrogen and oxygen atoms in total. The van der Waals surface area contributed by atoms with Crippen LogP contribution < -0.4 is 5.56 Å². The molecule has 0 saturated carbocycles. The highest BCUT2D eigenvalue weighted by Crippen LogP contribution is 2.31. The van der Waals surface area contributed by atoms with E-state index in [9.17, 15) is 18.0 Å². The second-order valence-corrected chi connectivity index (χ2v) is 9.47. The topological polar surface area (TPSA) is 121 Å². The third-order valence-electron chi connectivity index (χ3n) is 4.78. The Kier molecular flexibility index (Phi) is 6.45.